The van der Waals surface area contributed by atoms with Gasteiger partial charge in [0.05, 0.1) is 13.0 Å². The van der Waals surface area contributed by atoms with Crippen molar-refractivity contribution in [3.63, 3.8) is 0 Å². The molecule has 0 spiro atoms. The molecule has 2 aromatic carbocycles. The molecule has 2 N–H and O–H groups in total. The van der Waals surface area contributed by atoms with Crippen LogP contribution in [0.4, 0.5) is 16.2 Å². The third-order valence-electron chi connectivity index (χ3n) is 4.65. The van der Waals surface area contributed by atoms with Crippen LogP contribution in [0.1, 0.15) is 37.3 Å². The van der Waals surface area contributed by atoms with Gasteiger partial charge >= 0.3 is 12.1 Å². The van der Waals surface area contributed by atoms with Crippen LogP contribution in [0.25, 0.3) is 0 Å². The normalized spacial score (nSPS) is 15.5. The average Bonchev–Trinajstić information content (AvgIpc) is 2.88. The number of benzene rings is 2. The van der Waals surface area contributed by atoms with Gasteiger partial charge in [-0.15, -0.1) is 0 Å². The number of anilines is 2. The topological polar surface area (TPSA) is 76.7 Å². The highest BCUT2D eigenvalue weighted by Gasteiger charge is 2.19. The predicted octanol–water partition coefficient (Wildman–Crippen LogP) is 4.51. The molecule has 1 aliphatic heterocycles. The van der Waals surface area contributed by atoms with Gasteiger partial charge in [-0.1, -0.05) is 36.4 Å². The summed E-state index contributed by atoms with van der Waals surface area (Å²) < 4.78 is 10.3. The molecule has 1 atom stereocenters. The number of carbonyl (C=O) groups excluding carboxylic acids is 2. The van der Waals surface area contributed by atoms with Gasteiger partial charge in [-0.2, -0.15) is 0 Å². The van der Waals surface area contributed by atoms with Crippen molar-refractivity contribution in [2.45, 2.75) is 45.3 Å². The van der Waals surface area contributed by atoms with Gasteiger partial charge in [0.25, 0.3) is 0 Å². The molecular weight excluding hydrogens is 356 g/mol. The second-order valence-corrected chi connectivity index (χ2v) is 6.80. The number of hydrogen-bond acceptors (Lipinski definition) is 5. The molecule has 0 aliphatic carbocycles. The van der Waals surface area contributed by atoms with Crippen molar-refractivity contribution < 1.29 is 19.1 Å². The quantitative estimate of drug-likeness (QED) is 0.719. The molecular formula is C22H26N2O4. The van der Waals surface area contributed by atoms with E-state index in [9.17, 15) is 9.59 Å². The van der Waals surface area contributed by atoms with Gasteiger partial charge in [-0.3, -0.25) is 10.1 Å². The second kappa shape index (κ2) is 9.78. The molecule has 1 unspecified atom stereocenters. The molecule has 0 bridgehead atoms. The van der Waals surface area contributed by atoms with E-state index in [1.807, 2.05) is 55.5 Å². The summed E-state index contributed by atoms with van der Waals surface area (Å²) in [7, 11) is 0. The Labute approximate surface area is 165 Å². The third-order valence-corrected chi connectivity index (χ3v) is 4.65. The molecule has 1 aliphatic rings. The van der Waals surface area contributed by atoms with Crippen molar-refractivity contribution in [3.05, 3.63) is 59.7 Å². The maximum atomic E-state index is 12.1. The Kier molecular flexibility index (Phi) is 6.89. The van der Waals surface area contributed by atoms with Gasteiger partial charge in [0.1, 0.15) is 6.61 Å². The van der Waals surface area contributed by atoms with E-state index in [-0.39, 0.29) is 18.6 Å². The summed E-state index contributed by atoms with van der Waals surface area (Å²) in [6.07, 6.45) is 2.66. The van der Waals surface area contributed by atoms with Gasteiger partial charge < -0.3 is 14.8 Å². The van der Waals surface area contributed by atoms with Crippen LogP contribution in [0.2, 0.25) is 0 Å². The lowest BCUT2D eigenvalue weighted by atomic mass is 10.1. The highest BCUT2D eigenvalue weighted by Crippen LogP contribution is 2.28. The fraction of sp³-hybridized carbons (Fsp3) is 0.364. The lowest BCUT2D eigenvalue weighted by Crippen LogP contribution is -2.23. The van der Waals surface area contributed by atoms with E-state index in [0.717, 1.165) is 30.5 Å². The lowest BCUT2D eigenvalue weighted by Gasteiger charge is -2.18. The summed E-state index contributed by atoms with van der Waals surface area (Å²) in [5, 5.41) is 6.19. The number of amides is 1. The number of fused-ring (bicyclic) bond motifs is 1. The molecule has 6 heteroatoms. The Bertz CT molecular complexity index is 807. The third kappa shape index (κ3) is 5.74. The largest absolute Gasteiger partial charge is 0.466 e. The summed E-state index contributed by atoms with van der Waals surface area (Å²) in [6, 6.07) is 15.3. The average molecular weight is 382 g/mol. The van der Waals surface area contributed by atoms with Crippen molar-refractivity contribution in [1.82, 2.24) is 0 Å². The standard InChI is InChI=1S/C22H26N2O4/c1-2-27-21(25)14-18-10-6-9-17-11-12-19(13-20(17)23-18)24-22(26)28-15-16-7-4-3-5-8-16/h3-5,7-8,11-13,18,23H,2,6,9-10,14-15H2,1H3,(H,24,26). The Hall–Kier alpha value is -3.02. The van der Waals surface area contributed by atoms with Crippen LogP contribution in [0.15, 0.2) is 48.5 Å². The SMILES string of the molecule is CCOC(=O)CC1CCCc2ccc(NC(=O)OCc3ccccc3)cc2N1. The molecule has 1 heterocycles. The van der Waals surface area contributed by atoms with Gasteiger partial charge in [0.2, 0.25) is 0 Å². The first-order valence-electron chi connectivity index (χ1n) is 9.67. The first-order valence-corrected chi connectivity index (χ1v) is 9.67. The highest BCUT2D eigenvalue weighted by atomic mass is 16.5. The van der Waals surface area contributed by atoms with Gasteiger partial charge in [-0.25, -0.2) is 4.79 Å². The number of carbonyl (C=O) groups is 2. The van der Waals surface area contributed by atoms with Crippen molar-refractivity contribution in [2.24, 2.45) is 0 Å². The predicted molar refractivity (Wildman–Crippen MR) is 108 cm³/mol. The summed E-state index contributed by atoms with van der Waals surface area (Å²) >= 11 is 0. The van der Waals surface area contributed by atoms with Crippen LogP contribution in [0, 0.1) is 0 Å². The molecule has 28 heavy (non-hydrogen) atoms. The zero-order valence-corrected chi connectivity index (χ0v) is 16.1. The van der Waals surface area contributed by atoms with Crippen LogP contribution in [-0.2, 0) is 27.3 Å². The van der Waals surface area contributed by atoms with E-state index in [1.165, 1.54) is 5.56 Å². The first kappa shape index (κ1) is 19.7. The zero-order valence-electron chi connectivity index (χ0n) is 16.1. The first-order chi connectivity index (χ1) is 13.6. The molecule has 148 valence electrons. The molecule has 0 fully saturated rings. The minimum absolute atomic E-state index is 0.0283. The second-order valence-electron chi connectivity index (χ2n) is 6.80. The minimum Gasteiger partial charge on any atom is -0.466 e. The van der Waals surface area contributed by atoms with Crippen LogP contribution in [0.5, 0.6) is 0 Å². The van der Waals surface area contributed by atoms with Crippen LogP contribution in [0.3, 0.4) is 0 Å². The summed E-state index contributed by atoms with van der Waals surface area (Å²) in [6.45, 7) is 2.42. The Balaban J connectivity index is 1.59. The van der Waals surface area contributed by atoms with Crippen molar-refractivity contribution >= 4 is 23.4 Å². The summed E-state index contributed by atoms with van der Waals surface area (Å²) in [5.41, 5.74) is 3.70. The Morgan fingerprint density at radius 1 is 1.14 bits per heavy atom. The Morgan fingerprint density at radius 3 is 2.75 bits per heavy atom. The number of ether oxygens (including phenoxy) is 2. The van der Waals surface area contributed by atoms with Gasteiger partial charge in [0.15, 0.2) is 0 Å². The maximum Gasteiger partial charge on any atom is 0.411 e. The van der Waals surface area contributed by atoms with E-state index in [0.29, 0.717) is 18.7 Å². The fourth-order valence-corrected chi connectivity index (χ4v) is 3.29. The molecule has 0 aromatic heterocycles. The van der Waals surface area contributed by atoms with E-state index in [1.54, 1.807) is 0 Å². The lowest BCUT2D eigenvalue weighted by molar-refractivity contribution is -0.143. The van der Waals surface area contributed by atoms with E-state index in [4.69, 9.17) is 9.47 Å². The molecule has 0 radical (unpaired) electrons. The van der Waals surface area contributed by atoms with Crippen LogP contribution < -0.4 is 10.6 Å². The number of nitrogens with one attached hydrogen (secondary N) is 2. The fourth-order valence-electron chi connectivity index (χ4n) is 3.29. The van der Waals surface area contributed by atoms with Gasteiger partial charge in [0, 0.05) is 17.4 Å². The van der Waals surface area contributed by atoms with Gasteiger partial charge in [-0.05, 0) is 49.4 Å². The minimum atomic E-state index is -0.500. The van der Waals surface area contributed by atoms with Crippen molar-refractivity contribution in [1.29, 1.82) is 0 Å². The molecule has 2 aromatic rings. The molecule has 3 rings (SSSR count). The Morgan fingerprint density at radius 2 is 1.96 bits per heavy atom. The summed E-state index contributed by atoms with van der Waals surface area (Å²) in [5.74, 6) is -0.192. The summed E-state index contributed by atoms with van der Waals surface area (Å²) in [4.78, 5) is 23.9. The molecule has 0 saturated heterocycles. The van der Waals surface area contributed by atoms with Crippen LogP contribution >= 0.6 is 0 Å². The monoisotopic (exact) mass is 382 g/mol. The number of aryl methyl sites for hydroxylation is 1. The number of hydrogen-bond donors (Lipinski definition) is 2. The van der Waals surface area contributed by atoms with E-state index >= 15 is 0 Å². The smallest absolute Gasteiger partial charge is 0.411 e. The zero-order chi connectivity index (χ0) is 19.8. The van der Waals surface area contributed by atoms with Crippen molar-refractivity contribution in [2.75, 3.05) is 17.2 Å². The highest BCUT2D eigenvalue weighted by molar-refractivity contribution is 5.85. The van der Waals surface area contributed by atoms with E-state index in [2.05, 4.69) is 10.6 Å². The number of rotatable bonds is 6. The van der Waals surface area contributed by atoms with Crippen molar-refractivity contribution in [3.8, 4) is 0 Å². The van der Waals surface area contributed by atoms with E-state index < -0.39 is 6.09 Å². The number of esters is 1. The molecule has 0 saturated carbocycles. The maximum absolute atomic E-state index is 12.1. The van der Waals surface area contributed by atoms with Crippen LogP contribution in [-0.4, -0.2) is 24.7 Å². The molecule has 6 nitrogen and oxygen atoms in total. The molecule has 1 amide bonds.